The molecule has 0 aliphatic rings. The average Bonchev–Trinajstić information content (AvgIpc) is 2.13. The molecule has 0 aliphatic heterocycles. The Labute approximate surface area is 63.2 Å². The molecule has 0 spiro atoms. The van der Waals surface area contributed by atoms with Gasteiger partial charge in [-0.2, -0.15) is 0 Å². The summed E-state index contributed by atoms with van der Waals surface area (Å²) in [6, 6.07) is 0. The third-order valence-electron chi connectivity index (χ3n) is 1.10. The van der Waals surface area contributed by atoms with Gasteiger partial charge in [0.05, 0.1) is 0 Å². The number of aromatic nitrogens is 2. The lowest BCUT2D eigenvalue weighted by atomic mass is 10.9. The van der Waals surface area contributed by atoms with Gasteiger partial charge < -0.3 is 4.90 Å². The Morgan fingerprint density at radius 1 is 1.60 bits per heavy atom. The number of aryl methyl sites for hydroxylation is 1. The Kier molecular flexibility index (Phi) is 1.76. The van der Waals surface area contributed by atoms with Crippen molar-refractivity contribution in [2.24, 2.45) is 7.05 Å². The predicted molar refractivity (Wildman–Crippen MR) is 41.3 cm³/mol. The highest BCUT2D eigenvalue weighted by Crippen LogP contribution is 2.07. The van der Waals surface area contributed by atoms with E-state index in [2.05, 4.69) is 5.10 Å². The van der Waals surface area contributed by atoms with E-state index in [1.165, 1.54) is 11.3 Å². The molecule has 0 amide bonds. The monoisotopic (exact) mass is 158 g/mol. The maximum absolute atomic E-state index is 7.33. The SMILES string of the molecule is CN(C)c1nn(C)c(=N)s1. The zero-order valence-electron chi connectivity index (χ0n) is 6.25. The molecule has 5 heteroatoms. The van der Waals surface area contributed by atoms with Crippen LogP contribution in [-0.4, -0.2) is 23.9 Å². The fraction of sp³-hybridized carbons (Fsp3) is 0.600. The van der Waals surface area contributed by atoms with Gasteiger partial charge in [-0.05, 0) is 0 Å². The number of nitrogens with zero attached hydrogens (tertiary/aromatic N) is 3. The summed E-state index contributed by atoms with van der Waals surface area (Å²) >= 11 is 1.37. The van der Waals surface area contributed by atoms with Crippen molar-refractivity contribution in [3.63, 3.8) is 0 Å². The normalized spacial score (nSPS) is 9.90. The molecule has 0 aromatic carbocycles. The van der Waals surface area contributed by atoms with Gasteiger partial charge in [0.1, 0.15) is 0 Å². The molecule has 0 unspecified atom stereocenters. The second-order valence-corrected chi connectivity index (χ2v) is 3.16. The molecule has 0 aliphatic carbocycles. The smallest absolute Gasteiger partial charge is 0.207 e. The number of rotatable bonds is 1. The van der Waals surface area contributed by atoms with E-state index in [9.17, 15) is 0 Å². The van der Waals surface area contributed by atoms with E-state index in [-0.39, 0.29) is 0 Å². The number of anilines is 1. The quantitative estimate of drug-likeness (QED) is 0.626. The van der Waals surface area contributed by atoms with Gasteiger partial charge in [-0.1, -0.05) is 11.3 Å². The minimum absolute atomic E-state index is 0.476. The van der Waals surface area contributed by atoms with Crippen molar-refractivity contribution >= 4 is 16.5 Å². The molecule has 0 atom stereocenters. The largest absolute Gasteiger partial charge is 0.353 e. The van der Waals surface area contributed by atoms with Crippen molar-refractivity contribution in [3.8, 4) is 0 Å². The first-order valence-electron chi connectivity index (χ1n) is 2.87. The molecular weight excluding hydrogens is 148 g/mol. The Balaban J connectivity index is 3.10. The summed E-state index contributed by atoms with van der Waals surface area (Å²) in [6.45, 7) is 0. The topological polar surface area (TPSA) is 44.9 Å². The van der Waals surface area contributed by atoms with Crippen LogP contribution in [0.15, 0.2) is 0 Å². The molecule has 10 heavy (non-hydrogen) atoms. The molecule has 1 N–H and O–H groups in total. The highest BCUT2D eigenvalue weighted by molar-refractivity contribution is 7.12. The summed E-state index contributed by atoms with van der Waals surface area (Å²) < 4.78 is 1.56. The lowest BCUT2D eigenvalue weighted by Crippen LogP contribution is -2.10. The zero-order valence-corrected chi connectivity index (χ0v) is 7.07. The molecule has 1 rings (SSSR count). The minimum atomic E-state index is 0.476. The van der Waals surface area contributed by atoms with Crippen LogP contribution in [0.3, 0.4) is 0 Å². The fourth-order valence-electron chi connectivity index (χ4n) is 0.527. The van der Waals surface area contributed by atoms with Crippen LogP contribution in [0.1, 0.15) is 0 Å². The summed E-state index contributed by atoms with van der Waals surface area (Å²) in [7, 11) is 5.60. The van der Waals surface area contributed by atoms with Gasteiger partial charge in [0.15, 0.2) is 0 Å². The molecule has 1 aromatic heterocycles. The van der Waals surface area contributed by atoms with Crippen molar-refractivity contribution in [1.82, 2.24) is 9.78 Å². The molecule has 1 aromatic rings. The summed E-state index contributed by atoms with van der Waals surface area (Å²) in [5.74, 6) is 0. The van der Waals surface area contributed by atoms with Crippen LogP contribution in [0.2, 0.25) is 0 Å². The Bertz CT molecular complexity index is 271. The third kappa shape index (κ3) is 1.18. The first-order chi connectivity index (χ1) is 4.61. The number of hydrogen-bond acceptors (Lipinski definition) is 4. The molecular formula is C5H10N4S. The summed E-state index contributed by atoms with van der Waals surface area (Å²) in [5, 5.41) is 12.3. The molecule has 1 heterocycles. The van der Waals surface area contributed by atoms with E-state index in [1.54, 1.807) is 11.7 Å². The summed E-state index contributed by atoms with van der Waals surface area (Å²) in [4.78, 5) is 2.37. The fourth-order valence-corrected chi connectivity index (χ4v) is 1.22. The van der Waals surface area contributed by atoms with Gasteiger partial charge in [0, 0.05) is 21.1 Å². The van der Waals surface area contributed by atoms with Gasteiger partial charge in [0.2, 0.25) is 9.93 Å². The maximum Gasteiger partial charge on any atom is 0.207 e. The maximum atomic E-state index is 7.33. The lowest BCUT2D eigenvalue weighted by Gasteiger charge is -2.03. The average molecular weight is 158 g/mol. The highest BCUT2D eigenvalue weighted by atomic mass is 32.1. The van der Waals surface area contributed by atoms with E-state index in [0.29, 0.717) is 4.80 Å². The van der Waals surface area contributed by atoms with Gasteiger partial charge in [0.25, 0.3) is 0 Å². The van der Waals surface area contributed by atoms with E-state index >= 15 is 0 Å². The highest BCUT2D eigenvalue weighted by Gasteiger charge is 2.00. The predicted octanol–water partition coefficient (Wildman–Crippen LogP) is 0.0271. The van der Waals surface area contributed by atoms with Crippen molar-refractivity contribution in [2.75, 3.05) is 19.0 Å². The third-order valence-corrected chi connectivity index (χ3v) is 2.19. The van der Waals surface area contributed by atoms with Gasteiger partial charge >= 0.3 is 0 Å². The first kappa shape index (κ1) is 7.27. The molecule has 0 radical (unpaired) electrons. The molecule has 0 saturated carbocycles. The van der Waals surface area contributed by atoms with Crippen LogP contribution in [0.25, 0.3) is 0 Å². The van der Waals surface area contributed by atoms with Crippen LogP contribution < -0.4 is 9.70 Å². The molecule has 56 valence electrons. The summed E-state index contributed by atoms with van der Waals surface area (Å²) in [6.07, 6.45) is 0. The van der Waals surface area contributed by atoms with E-state index in [1.807, 2.05) is 19.0 Å². The van der Waals surface area contributed by atoms with Crippen molar-refractivity contribution in [2.45, 2.75) is 0 Å². The van der Waals surface area contributed by atoms with Crippen LogP contribution in [0, 0.1) is 5.41 Å². The first-order valence-corrected chi connectivity index (χ1v) is 3.69. The molecule has 0 saturated heterocycles. The number of nitrogens with one attached hydrogen (secondary N) is 1. The van der Waals surface area contributed by atoms with Crippen LogP contribution in [-0.2, 0) is 7.05 Å². The van der Waals surface area contributed by atoms with Gasteiger partial charge in [-0.3, -0.25) is 5.41 Å². The second kappa shape index (κ2) is 2.42. The molecule has 0 bridgehead atoms. The van der Waals surface area contributed by atoms with E-state index in [0.717, 1.165) is 5.13 Å². The van der Waals surface area contributed by atoms with Crippen LogP contribution in [0.5, 0.6) is 0 Å². The Morgan fingerprint density at radius 2 is 2.20 bits per heavy atom. The zero-order chi connectivity index (χ0) is 7.72. The van der Waals surface area contributed by atoms with Crippen molar-refractivity contribution in [1.29, 1.82) is 5.41 Å². The van der Waals surface area contributed by atoms with Crippen molar-refractivity contribution < 1.29 is 0 Å². The molecule has 0 fully saturated rings. The summed E-state index contributed by atoms with van der Waals surface area (Å²) in [5.41, 5.74) is 0. The lowest BCUT2D eigenvalue weighted by molar-refractivity contribution is 0.716. The Hall–Kier alpha value is -0.840. The second-order valence-electron chi connectivity index (χ2n) is 2.21. The Morgan fingerprint density at radius 3 is 2.40 bits per heavy atom. The van der Waals surface area contributed by atoms with Gasteiger partial charge in [-0.15, -0.1) is 5.10 Å². The van der Waals surface area contributed by atoms with E-state index < -0.39 is 0 Å². The number of hydrogen-bond donors (Lipinski definition) is 1. The van der Waals surface area contributed by atoms with Crippen LogP contribution >= 0.6 is 11.3 Å². The molecule has 4 nitrogen and oxygen atoms in total. The van der Waals surface area contributed by atoms with Crippen LogP contribution in [0.4, 0.5) is 5.13 Å². The standard InChI is InChI=1S/C5H10N4S/c1-8(2)5-7-9(3)4(6)10-5/h6H,1-3H3. The minimum Gasteiger partial charge on any atom is -0.353 e. The van der Waals surface area contributed by atoms with Crippen molar-refractivity contribution in [3.05, 3.63) is 4.80 Å². The van der Waals surface area contributed by atoms with E-state index in [4.69, 9.17) is 5.41 Å². The van der Waals surface area contributed by atoms with Gasteiger partial charge in [-0.25, -0.2) is 4.68 Å².